The second-order valence-electron chi connectivity index (χ2n) is 5.72. The van der Waals surface area contributed by atoms with Gasteiger partial charge in [0.25, 0.3) is 5.92 Å². The van der Waals surface area contributed by atoms with E-state index >= 15 is 0 Å². The van der Waals surface area contributed by atoms with E-state index in [0.717, 1.165) is 24.1 Å². The normalized spacial score (nSPS) is 11.6. The van der Waals surface area contributed by atoms with Gasteiger partial charge >= 0.3 is 6.01 Å². The highest BCUT2D eigenvalue weighted by Gasteiger charge is 2.28. The molecule has 0 fully saturated rings. The minimum Gasteiger partial charge on any atom is -0.457 e. The Balaban J connectivity index is 1.73. The van der Waals surface area contributed by atoms with Crippen molar-refractivity contribution in [1.82, 2.24) is 25.0 Å². The Morgan fingerprint density at radius 1 is 1.19 bits per heavy atom. The smallest absolute Gasteiger partial charge is 0.316 e. The molecule has 0 atom stereocenters. The van der Waals surface area contributed by atoms with Gasteiger partial charge in [0.05, 0.1) is 17.4 Å². The number of rotatable bonds is 6. The van der Waals surface area contributed by atoms with E-state index in [0.29, 0.717) is 12.6 Å². The van der Waals surface area contributed by atoms with E-state index in [4.69, 9.17) is 4.74 Å². The zero-order valence-electron chi connectivity index (χ0n) is 14.2. The maximum atomic E-state index is 13.6. The molecule has 0 aliphatic carbocycles. The predicted octanol–water partition coefficient (Wildman–Crippen LogP) is 3.45. The van der Waals surface area contributed by atoms with Crippen molar-refractivity contribution in [2.75, 3.05) is 0 Å². The molecule has 0 spiro atoms. The summed E-state index contributed by atoms with van der Waals surface area (Å²) in [6, 6.07) is 3.56. The molecule has 3 aromatic rings. The summed E-state index contributed by atoms with van der Waals surface area (Å²) in [6.45, 7) is 2.69. The van der Waals surface area contributed by atoms with Crippen molar-refractivity contribution in [3.8, 4) is 11.7 Å². The minimum absolute atomic E-state index is 0.0590. The van der Waals surface area contributed by atoms with Crippen LogP contribution in [0, 0.1) is 5.82 Å². The number of halogens is 3. The van der Waals surface area contributed by atoms with Gasteiger partial charge in [-0.2, -0.15) is 0 Å². The maximum absolute atomic E-state index is 13.6. The van der Waals surface area contributed by atoms with E-state index in [-0.39, 0.29) is 18.3 Å². The first kappa shape index (κ1) is 17.8. The molecule has 3 rings (SSSR count). The van der Waals surface area contributed by atoms with Crippen LogP contribution in [0.4, 0.5) is 13.2 Å². The Hall–Kier alpha value is -2.97. The summed E-state index contributed by atoms with van der Waals surface area (Å²) in [4.78, 5) is 8.13. The van der Waals surface area contributed by atoms with Crippen molar-refractivity contribution in [2.45, 2.75) is 32.8 Å². The van der Waals surface area contributed by atoms with Gasteiger partial charge in [0, 0.05) is 19.3 Å². The highest BCUT2D eigenvalue weighted by Crippen LogP contribution is 2.30. The number of ether oxygens (including phenoxy) is 1. The first-order valence-electron chi connectivity index (χ1n) is 7.90. The highest BCUT2D eigenvalue weighted by atomic mass is 19.3. The first-order chi connectivity index (χ1) is 12.4. The fourth-order valence-electron chi connectivity index (χ4n) is 2.22. The Labute approximate surface area is 147 Å². The van der Waals surface area contributed by atoms with E-state index in [1.54, 1.807) is 12.4 Å². The van der Waals surface area contributed by atoms with E-state index < -0.39 is 17.3 Å². The average molecular weight is 363 g/mol. The maximum Gasteiger partial charge on any atom is 0.316 e. The molecule has 0 unspecified atom stereocenters. The topological polar surface area (TPSA) is 65.7 Å². The molecule has 6 nitrogen and oxygen atoms in total. The van der Waals surface area contributed by atoms with Crippen molar-refractivity contribution >= 4 is 0 Å². The molecule has 26 heavy (non-hydrogen) atoms. The van der Waals surface area contributed by atoms with Gasteiger partial charge < -0.3 is 4.74 Å². The van der Waals surface area contributed by atoms with Gasteiger partial charge in [0.1, 0.15) is 18.1 Å². The highest BCUT2D eigenvalue weighted by molar-refractivity contribution is 5.37. The number of hydrogen-bond acceptors (Lipinski definition) is 5. The van der Waals surface area contributed by atoms with E-state index in [9.17, 15) is 13.2 Å². The third-order valence-corrected chi connectivity index (χ3v) is 3.67. The van der Waals surface area contributed by atoms with Gasteiger partial charge in [0.2, 0.25) is 0 Å². The minimum atomic E-state index is -3.30. The summed E-state index contributed by atoms with van der Waals surface area (Å²) in [7, 11) is 0. The lowest BCUT2D eigenvalue weighted by Gasteiger charge is -2.12. The van der Waals surface area contributed by atoms with Crippen LogP contribution in [0.1, 0.15) is 30.7 Å². The fraction of sp³-hybridized carbons (Fsp3) is 0.294. The molecule has 0 radical (unpaired) electrons. The Bertz CT molecular complexity index is 890. The van der Waals surface area contributed by atoms with Gasteiger partial charge in [0.15, 0.2) is 0 Å². The lowest BCUT2D eigenvalue weighted by atomic mass is 10.1. The van der Waals surface area contributed by atoms with Crippen molar-refractivity contribution < 1.29 is 17.9 Å². The Kier molecular flexibility index (Phi) is 4.88. The van der Waals surface area contributed by atoms with Crippen LogP contribution < -0.4 is 4.74 Å². The zero-order chi connectivity index (χ0) is 18.7. The van der Waals surface area contributed by atoms with Crippen LogP contribution in [0.3, 0.4) is 0 Å². The molecule has 2 heterocycles. The summed E-state index contributed by atoms with van der Waals surface area (Å²) in [5.74, 6) is -4.27. The monoisotopic (exact) mass is 363 g/mol. The Morgan fingerprint density at radius 2 is 1.92 bits per heavy atom. The SMILES string of the molecule is CCc1cnc(OCc2cn(-c3ccc(F)c(C(C)(F)F)c3)nn2)nc1. The predicted molar refractivity (Wildman–Crippen MR) is 86.6 cm³/mol. The molecule has 0 N–H and O–H groups in total. The van der Waals surface area contributed by atoms with Gasteiger partial charge in [-0.3, -0.25) is 0 Å². The fourth-order valence-corrected chi connectivity index (χ4v) is 2.22. The molecule has 0 saturated carbocycles. The molecule has 9 heteroatoms. The molecule has 1 aromatic carbocycles. The van der Waals surface area contributed by atoms with Crippen LogP contribution >= 0.6 is 0 Å². The largest absolute Gasteiger partial charge is 0.457 e. The standard InChI is InChI=1S/C17H16F3N5O/c1-3-11-7-21-16(22-8-11)26-10-12-9-25(24-23-12)13-4-5-15(18)14(6-13)17(2,19)20/h4-9H,3,10H2,1-2H3. The first-order valence-corrected chi connectivity index (χ1v) is 7.90. The van der Waals surface area contributed by atoms with E-state index in [2.05, 4.69) is 20.3 Å². The van der Waals surface area contributed by atoms with Crippen LogP contribution in [0.15, 0.2) is 36.8 Å². The van der Waals surface area contributed by atoms with Gasteiger partial charge in [-0.05, 0) is 30.2 Å². The van der Waals surface area contributed by atoms with Gasteiger partial charge in [-0.1, -0.05) is 12.1 Å². The van der Waals surface area contributed by atoms with Crippen LogP contribution in [0.2, 0.25) is 0 Å². The Morgan fingerprint density at radius 3 is 2.58 bits per heavy atom. The molecule has 2 aromatic heterocycles. The number of aromatic nitrogens is 5. The molecule has 136 valence electrons. The molecule has 0 aliphatic heterocycles. The summed E-state index contributed by atoms with van der Waals surface area (Å²) >= 11 is 0. The third kappa shape index (κ3) is 3.98. The summed E-state index contributed by atoms with van der Waals surface area (Å²) in [5.41, 5.74) is 1.00. The van der Waals surface area contributed by atoms with Crippen molar-refractivity contribution in [3.05, 3.63) is 59.4 Å². The summed E-state index contributed by atoms with van der Waals surface area (Å²) in [6.07, 6.45) is 5.67. The van der Waals surface area contributed by atoms with Crippen molar-refractivity contribution in [2.24, 2.45) is 0 Å². The molecule has 0 amide bonds. The van der Waals surface area contributed by atoms with Crippen molar-refractivity contribution in [1.29, 1.82) is 0 Å². The lowest BCUT2D eigenvalue weighted by Crippen LogP contribution is -2.11. The van der Waals surface area contributed by atoms with Crippen LogP contribution in [0.25, 0.3) is 5.69 Å². The molecular formula is C17H16F3N5O. The van der Waals surface area contributed by atoms with E-state index in [1.165, 1.54) is 16.9 Å². The van der Waals surface area contributed by atoms with Gasteiger partial charge in [-0.25, -0.2) is 27.8 Å². The molecule has 0 saturated heterocycles. The number of nitrogens with zero attached hydrogens (tertiary/aromatic N) is 5. The molecule has 0 bridgehead atoms. The lowest BCUT2D eigenvalue weighted by molar-refractivity contribution is 0.0137. The number of alkyl halides is 2. The molecular weight excluding hydrogens is 347 g/mol. The van der Waals surface area contributed by atoms with Crippen LogP contribution in [-0.4, -0.2) is 25.0 Å². The van der Waals surface area contributed by atoms with Crippen LogP contribution in [-0.2, 0) is 19.0 Å². The summed E-state index contributed by atoms with van der Waals surface area (Å²) < 4.78 is 47.2. The molecule has 0 aliphatic rings. The second-order valence-corrected chi connectivity index (χ2v) is 5.72. The third-order valence-electron chi connectivity index (χ3n) is 3.67. The zero-order valence-corrected chi connectivity index (χ0v) is 14.2. The number of benzene rings is 1. The number of hydrogen-bond donors (Lipinski definition) is 0. The second kappa shape index (κ2) is 7.11. The van der Waals surface area contributed by atoms with Crippen molar-refractivity contribution in [3.63, 3.8) is 0 Å². The number of aryl methyl sites for hydroxylation is 1. The van der Waals surface area contributed by atoms with Gasteiger partial charge in [-0.15, -0.1) is 5.10 Å². The average Bonchev–Trinajstić information content (AvgIpc) is 3.09. The van der Waals surface area contributed by atoms with Crippen LogP contribution in [0.5, 0.6) is 6.01 Å². The summed E-state index contributed by atoms with van der Waals surface area (Å²) in [5, 5.41) is 7.76. The van der Waals surface area contributed by atoms with E-state index in [1.807, 2.05) is 6.92 Å². The quantitative estimate of drug-likeness (QED) is 0.671.